The lowest BCUT2D eigenvalue weighted by atomic mass is 9.89. The number of Topliss-reactive ketones (excluding diaryl/α,β-unsaturated/α-hetero) is 1. The number of unbranched alkanes of at least 4 members (excludes halogenated alkanes) is 1. The zero-order valence-corrected chi connectivity index (χ0v) is 18.4. The Morgan fingerprint density at radius 2 is 1.68 bits per heavy atom. The number of ketones is 1. The first-order valence-electron chi connectivity index (χ1n) is 11.6. The largest absolute Gasteiger partial charge is 0.358 e. The molecule has 1 aliphatic rings. The van der Waals surface area contributed by atoms with E-state index in [2.05, 4.69) is 36.2 Å². The van der Waals surface area contributed by atoms with Crippen molar-refractivity contribution >= 4 is 22.6 Å². The summed E-state index contributed by atoms with van der Waals surface area (Å²) in [5.74, 6) is 0.713. The van der Waals surface area contributed by atoms with Gasteiger partial charge in [-0.3, -0.25) is 9.59 Å². The number of aromatic nitrogens is 1. The summed E-state index contributed by atoms with van der Waals surface area (Å²) in [5.41, 5.74) is 4.18. The van der Waals surface area contributed by atoms with Gasteiger partial charge in [0.2, 0.25) is 5.91 Å². The molecule has 0 saturated carbocycles. The molecule has 0 unspecified atom stereocenters. The normalized spacial score (nSPS) is 14.8. The molecule has 1 aliphatic heterocycles. The fourth-order valence-corrected chi connectivity index (χ4v) is 4.75. The van der Waals surface area contributed by atoms with Crippen LogP contribution in [0, 0.1) is 0 Å². The number of aryl methyl sites for hydroxylation is 1. The van der Waals surface area contributed by atoms with Gasteiger partial charge in [-0.1, -0.05) is 61.9 Å². The molecule has 0 radical (unpaired) electrons. The summed E-state index contributed by atoms with van der Waals surface area (Å²) in [5, 5.41) is 0.981. The predicted octanol–water partition coefficient (Wildman–Crippen LogP) is 5.88. The van der Waals surface area contributed by atoms with Gasteiger partial charge in [-0.25, -0.2) is 0 Å². The number of hydrogen-bond acceptors (Lipinski definition) is 2. The molecule has 0 spiro atoms. The van der Waals surface area contributed by atoms with E-state index in [1.807, 2.05) is 35.2 Å². The first-order chi connectivity index (χ1) is 15.2. The van der Waals surface area contributed by atoms with Crippen LogP contribution in [0.3, 0.4) is 0 Å². The summed E-state index contributed by atoms with van der Waals surface area (Å²) in [7, 11) is 0. The average Bonchev–Trinajstić information content (AvgIpc) is 3.20. The van der Waals surface area contributed by atoms with Gasteiger partial charge in [-0.15, -0.1) is 0 Å². The molecule has 1 amide bonds. The number of nitrogens with one attached hydrogen (secondary N) is 1. The number of nitrogens with zero attached hydrogens (tertiary/aromatic N) is 1. The van der Waals surface area contributed by atoms with Gasteiger partial charge in [-0.05, 0) is 43.2 Å². The lowest BCUT2D eigenvalue weighted by molar-refractivity contribution is -0.132. The zero-order valence-electron chi connectivity index (χ0n) is 18.4. The smallest absolute Gasteiger partial charge is 0.223 e. The van der Waals surface area contributed by atoms with E-state index in [4.69, 9.17) is 0 Å². The summed E-state index contributed by atoms with van der Waals surface area (Å²) < 4.78 is 0. The molecule has 0 atom stereocenters. The van der Waals surface area contributed by atoms with Gasteiger partial charge in [0.15, 0.2) is 5.78 Å². The Bertz CT molecular complexity index is 1030. The average molecular weight is 417 g/mol. The van der Waals surface area contributed by atoms with Crippen molar-refractivity contribution in [1.82, 2.24) is 9.88 Å². The van der Waals surface area contributed by atoms with Crippen LogP contribution in [0.4, 0.5) is 0 Å². The lowest BCUT2D eigenvalue weighted by Crippen LogP contribution is -2.38. The number of likely N-dealkylation sites (tertiary alicyclic amines) is 1. The number of carbonyl (C=O) groups excluding carboxylic acids is 2. The molecule has 4 nitrogen and oxygen atoms in total. The quantitative estimate of drug-likeness (QED) is 0.466. The van der Waals surface area contributed by atoms with Crippen molar-refractivity contribution in [2.24, 2.45) is 0 Å². The number of H-pyrrole nitrogens is 1. The molecule has 1 N–H and O–H groups in total. The molecule has 2 aromatic carbocycles. The van der Waals surface area contributed by atoms with Gasteiger partial charge in [0, 0.05) is 48.1 Å². The molecule has 31 heavy (non-hydrogen) atoms. The third-order valence-electron chi connectivity index (χ3n) is 6.53. The molecule has 4 heteroatoms. The van der Waals surface area contributed by atoms with Crippen LogP contribution >= 0.6 is 0 Å². The number of fused-ring (bicyclic) bond motifs is 1. The fraction of sp³-hybridized carbons (Fsp3) is 0.407. The van der Waals surface area contributed by atoms with Gasteiger partial charge in [0.1, 0.15) is 0 Å². The van der Waals surface area contributed by atoms with Crippen LogP contribution in [0.25, 0.3) is 10.9 Å². The second-order valence-electron chi connectivity index (χ2n) is 8.62. The van der Waals surface area contributed by atoms with E-state index in [1.54, 1.807) is 0 Å². The molecule has 2 heterocycles. The minimum Gasteiger partial charge on any atom is -0.358 e. The topological polar surface area (TPSA) is 53.2 Å². The Morgan fingerprint density at radius 1 is 0.968 bits per heavy atom. The van der Waals surface area contributed by atoms with E-state index in [9.17, 15) is 9.59 Å². The van der Waals surface area contributed by atoms with E-state index in [0.29, 0.717) is 12.3 Å². The van der Waals surface area contributed by atoms with E-state index < -0.39 is 0 Å². The van der Waals surface area contributed by atoms with E-state index >= 15 is 0 Å². The Hall–Kier alpha value is -2.88. The van der Waals surface area contributed by atoms with Crippen LogP contribution in [-0.2, 0) is 11.2 Å². The van der Waals surface area contributed by atoms with Crippen molar-refractivity contribution in [3.63, 3.8) is 0 Å². The van der Waals surface area contributed by atoms with E-state index in [-0.39, 0.29) is 18.1 Å². The minimum absolute atomic E-state index is 0.0797. The summed E-state index contributed by atoms with van der Waals surface area (Å²) in [6, 6.07) is 18.5. The molecular weight excluding hydrogens is 384 g/mol. The summed E-state index contributed by atoms with van der Waals surface area (Å²) >= 11 is 0. The Morgan fingerprint density at radius 3 is 2.42 bits per heavy atom. The molecular formula is C27H32N2O2. The van der Waals surface area contributed by atoms with Crippen molar-refractivity contribution in [2.75, 3.05) is 13.1 Å². The van der Waals surface area contributed by atoms with Gasteiger partial charge in [-0.2, -0.15) is 0 Å². The van der Waals surface area contributed by atoms with Crippen LogP contribution in [0.2, 0.25) is 0 Å². The lowest BCUT2D eigenvalue weighted by Gasteiger charge is -2.32. The maximum absolute atomic E-state index is 13.1. The highest BCUT2D eigenvalue weighted by molar-refractivity contribution is 6.10. The van der Waals surface area contributed by atoms with E-state index in [0.717, 1.165) is 67.4 Å². The number of rotatable bonds is 8. The van der Waals surface area contributed by atoms with Crippen LogP contribution in [0.1, 0.15) is 73.0 Å². The number of piperidine rings is 1. The SMILES string of the molecule is CCCCc1[nH]c2ccccc2c1C(=O)CCC(=O)N1CCC(c2ccccc2)CC1. The second-order valence-corrected chi connectivity index (χ2v) is 8.62. The summed E-state index contributed by atoms with van der Waals surface area (Å²) in [6.45, 7) is 3.71. The zero-order chi connectivity index (χ0) is 21.6. The maximum Gasteiger partial charge on any atom is 0.223 e. The van der Waals surface area contributed by atoms with Gasteiger partial charge in [0.05, 0.1) is 0 Å². The minimum atomic E-state index is 0.0797. The number of aromatic amines is 1. The van der Waals surface area contributed by atoms with Crippen LogP contribution in [-0.4, -0.2) is 34.7 Å². The van der Waals surface area contributed by atoms with Gasteiger partial charge in [0.25, 0.3) is 0 Å². The monoisotopic (exact) mass is 416 g/mol. The molecule has 3 aromatic rings. The van der Waals surface area contributed by atoms with Gasteiger partial charge < -0.3 is 9.88 Å². The molecule has 0 bridgehead atoms. The summed E-state index contributed by atoms with van der Waals surface area (Å²) in [4.78, 5) is 31.3. The molecule has 1 saturated heterocycles. The first-order valence-corrected chi connectivity index (χ1v) is 11.6. The molecule has 1 aromatic heterocycles. The maximum atomic E-state index is 13.1. The third-order valence-corrected chi connectivity index (χ3v) is 6.53. The Balaban J connectivity index is 1.36. The number of para-hydroxylation sites is 1. The Kier molecular flexibility index (Phi) is 6.86. The van der Waals surface area contributed by atoms with Crippen LogP contribution in [0.5, 0.6) is 0 Å². The molecule has 1 fully saturated rings. The highest BCUT2D eigenvalue weighted by Crippen LogP contribution is 2.29. The van der Waals surface area contributed by atoms with Gasteiger partial charge >= 0.3 is 0 Å². The van der Waals surface area contributed by atoms with Crippen LogP contribution < -0.4 is 0 Å². The Labute approximate surface area is 184 Å². The van der Waals surface area contributed by atoms with Crippen molar-refractivity contribution < 1.29 is 9.59 Å². The molecule has 162 valence electrons. The number of carbonyl (C=O) groups is 2. The third kappa shape index (κ3) is 4.90. The highest BCUT2D eigenvalue weighted by atomic mass is 16.2. The second kappa shape index (κ2) is 9.95. The summed E-state index contributed by atoms with van der Waals surface area (Å²) in [6.07, 6.45) is 5.55. The number of hydrogen-bond donors (Lipinski definition) is 1. The number of amides is 1. The van der Waals surface area contributed by atoms with Crippen LogP contribution in [0.15, 0.2) is 54.6 Å². The van der Waals surface area contributed by atoms with Crippen molar-refractivity contribution in [3.8, 4) is 0 Å². The highest BCUT2D eigenvalue weighted by Gasteiger charge is 2.25. The molecule has 4 rings (SSSR count). The van der Waals surface area contributed by atoms with E-state index in [1.165, 1.54) is 5.56 Å². The van der Waals surface area contributed by atoms with Crippen molar-refractivity contribution in [2.45, 2.75) is 57.8 Å². The number of benzene rings is 2. The van der Waals surface area contributed by atoms with Crippen molar-refractivity contribution in [3.05, 3.63) is 71.4 Å². The fourth-order valence-electron chi connectivity index (χ4n) is 4.75. The molecule has 0 aliphatic carbocycles. The predicted molar refractivity (Wildman–Crippen MR) is 125 cm³/mol. The first kappa shape index (κ1) is 21.4. The van der Waals surface area contributed by atoms with Crippen molar-refractivity contribution in [1.29, 1.82) is 0 Å². The standard InChI is InChI=1S/C27H32N2O2/c1-2-3-12-24-27(22-11-7-8-13-23(22)28-24)25(30)14-15-26(31)29-18-16-21(17-19-29)20-9-5-4-6-10-20/h4-11,13,21,28H,2-3,12,14-19H2,1H3.